The summed E-state index contributed by atoms with van der Waals surface area (Å²) in [6.45, 7) is 0.466. The number of likely N-dealkylation sites (tertiary alicyclic amines) is 1. The molecule has 1 aliphatic carbocycles. The molecule has 0 spiro atoms. The Morgan fingerprint density at radius 1 is 1.12 bits per heavy atom. The van der Waals surface area contributed by atoms with E-state index in [1.165, 1.54) is 35.2 Å². The van der Waals surface area contributed by atoms with E-state index in [9.17, 15) is 27.2 Å². The number of nitrogens with one attached hydrogen (secondary N) is 1. The summed E-state index contributed by atoms with van der Waals surface area (Å²) in [6, 6.07) is 8.37. The van der Waals surface area contributed by atoms with E-state index in [4.69, 9.17) is 0 Å². The highest BCUT2D eigenvalue weighted by Gasteiger charge is 2.42. The molecule has 3 aliphatic rings. The Balaban J connectivity index is 1.30. The second-order valence-corrected chi connectivity index (χ2v) is 8.34. The number of hydrogen-bond acceptors (Lipinski definition) is 2. The van der Waals surface area contributed by atoms with Gasteiger partial charge < -0.3 is 15.1 Å². The standard InChI is InChI=1S/C23H19F4N3O2/c24-17-5-6-19-15(9-17)11-29(22(32)28-19)12-21(31)30-10-13-7-18(20(30)8-13)14-1-3-16(4-2-14)23(25,26)27/h1-7,9,13,20H,8,10-12H2,(H,28,32)/t13-,20-/m1/s1. The van der Waals surface area contributed by atoms with Crippen LogP contribution in [0.1, 0.15) is 23.1 Å². The Morgan fingerprint density at radius 3 is 2.56 bits per heavy atom. The molecule has 1 fully saturated rings. The molecule has 1 N–H and O–H groups in total. The van der Waals surface area contributed by atoms with Gasteiger partial charge in [-0.05, 0) is 59.4 Å². The second-order valence-electron chi connectivity index (χ2n) is 8.34. The summed E-state index contributed by atoms with van der Waals surface area (Å²) < 4.78 is 52.1. The lowest BCUT2D eigenvalue weighted by Crippen LogP contribution is -2.48. The van der Waals surface area contributed by atoms with Gasteiger partial charge in [-0.15, -0.1) is 0 Å². The van der Waals surface area contributed by atoms with Crippen LogP contribution in [0, 0.1) is 11.7 Å². The summed E-state index contributed by atoms with van der Waals surface area (Å²) in [7, 11) is 0. The van der Waals surface area contributed by atoms with Gasteiger partial charge in [0.25, 0.3) is 0 Å². The third-order valence-corrected chi connectivity index (χ3v) is 6.26. The molecule has 3 amide bonds. The molecule has 0 aromatic heterocycles. The molecular formula is C23H19F4N3O2. The Morgan fingerprint density at radius 2 is 1.88 bits per heavy atom. The first kappa shape index (κ1) is 20.5. The van der Waals surface area contributed by atoms with Crippen molar-refractivity contribution in [3.05, 3.63) is 71.0 Å². The summed E-state index contributed by atoms with van der Waals surface area (Å²) in [5.74, 6) is -0.536. The molecule has 32 heavy (non-hydrogen) atoms. The smallest absolute Gasteiger partial charge is 0.333 e. The van der Waals surface area contributed by atoms with Crippen LogP contribution in [-0.2, 0) is 17.5 Å². The molecule has 0 unspecified atom stereocenters. The number of anilines is 1. The topological polar surface area (TPSA) is 52.7 Å². The maximum Gasteiger partial charge on any atom is 0.416 e. The van der Waals surface area contributed by atoms with Crippen molar-refractivity contribution in [2.24, 2.45) is 5.92 Å². The molecule has 2 heterocycles. The number of fused-ring (bicyclic) bond motifs is 3. The van der Waals surface area contributed by atoms with Gasteiger partial charge in [-0.3, -0.25) is 4.79 Å². The second kappa shape index (κ2) is 7.36. The molecule has 0 radical (unpaired) electrons. The predicted molar refractivity (Wildman–Crippen MR) is 109 cm³/mol. The van der Waals surface area contributed by atoms with E-state index in [0.717, 1.165) is 17.7 Å². The number of benzene rings is 2. The number of nitrogens with zero attached hydrogens (tertiary/aromatic N) is 2. The van der Waals surface area contributed by atoms with Crippen LogP contribution >= 0.6 is 0 Å². The SMILES string of the molecule is O=C1Nc2ccc(F)cc2CN1CC(=O)N1C[C@@H]2C=C(c3ccc(C(F)(F)F)cc3)[C@H]1C2. The maximum absolute atomic E-state index is 13.5. The number of carbonyl (C=O) groups is 2. The number of carbonyl (C=O) groups excluding carboxylic acids is 2. The van der Waals surface area contributed by atoms with E-state index in [0.29, 0.717) is 29.8 Å². The van der Waals surface area contributed by atoms with Crippen LogP contribution in [-0.4, -0.2) is 40.9 Å². The third kappa shape index (κ3) is 3.61. The van der Waals surface area contributed by atoms with Crippen LogP contribution < -0.4 is 5.32 Å². The molecule has 2 atom stereocenters. The van der Waals surface area contributed by atoms with Gasteiger partial charge in [-0.2, -0.15) is 13.2 Å². The van der Waals surface area contributed by atoms with Gasteiger partial charge in [0.15, 0.2) is 0 Å². The maximum atomic E-state index is 13.5. The van der Waals surface area contributed by atoms with E-state index < -0.39 is 23.6 Å². The van der Waals surface area contributed by atoms with Gasteiger partial charge in [0, 0.05) is 12.2 Å². The molecular weight excluding hydrogens is 426 g/mol. The number of urea groups is 1. The number of amides is 3. The lowest BCUT2D eigenvalue weighted by atomic mass is 9.98. The lowest BCUT2D eigenvalue weighted by molar-refractivity contribution is -0.137. The molecule has 2 aromatic rings. The zero-order chi connectivity index (χ0) is 22.6. The molecule has 1 saturated heterocycles. The van der Waals surface area contributed by atoms with E-state index in [2.05, 4.69) is 5.32 Å². The summed E-state index contributed by atoms with van der Waals surface area (Å²) in [4.78, 5) is 28.5. The average molecular weight is 445 g/mol. The van der Waals surface area contributed by atoms with Gasteiger partial charge in [-0.1, -0.05) is 18.2 Å². The minimum absolute atomic E-state index is 0.119. The molecule has 9 heteroatoms. The van der Waals surface area contributed by atoms with E-state index in [-0.39, 0.29) is 31.0 Å². The van der Waals surface area contributed by atoms with E-state index in [1.54, 1.807) is 4.90 Å². The molecule has 2 aromatic carbocycles. The third-order valence-electron chi connectivity index (χ3n) is 6.26. The average Bonchev–Trinajstić information content (AvgIpc) is 3.35. The van der Waals surface area contributed by atoms with Crippen LogP contribution in [0.4, 0.5) is 28.0 Å². The van der Waals surface area contributed by atoms with Gasteiger partial charge in [0.2, 0.25) is 5.91 Å². The molecule has 166 valence electrons. The van der Waals surface area contributed by atoms with E-state index in [1.807, 2.05) is 6.08 Å². The first-order valence-electron chi connectivity index (χ1n) is 10.2. The number of rotatable bonds is 3. The van der Waals surface area contributed by atoms with Crippen LogP contribution in [0.15, 0.2) is 48.5 Å². The highest BCUT2D eigenvalue weighted by atomic mass is 19.4. The van der Waals surface area contributed by atoms with Crippen LogP contribution in [0.5, 0.6) is 0 Å². The summed E-state index contributed by atoms with van der Waals surface area (Å²) in [5.41, 5.74) is 1.88. The quantitative estimate of drug-likeness (QED) is 0.707. The van der Waals surface area contributed by atoms with Gasteiger partial charge in [0.1, 0.15) is 12.4 Å². The highest BCUT2D eigenvalue weighted by Crippen LogP contribution is 2.42. The Bertz CT molecular complexity index is 1130. The van der Waals surface area contributed by atoms with Gasteiger partial charge in [-0.25, -0.2) is 9.18 Å². The predicted octanol–water partition coefficient (Wildman–Crippen LogP) is 4.51. The molecule has 5 rings (SSSR count). The monoisotopic (exact) mass is 445 g/mol. The lowest BCUT2D eigenvalue weighted by Gasteiger charge is -2.33. The van der Waals surface area contributed by atoms with Crippen molar-refractivity contribution < 1.29 is 27.2 Å². The zero-order valence-electron chi connectivity index (χ0n) is 16.8. The van der Waals surface area contributed by atoms with Crippen molar-refractivity contribution in [1.82, 2.24) is 9.80 Å². The van der Waals surface area contributed by atoms with Crippen molar-refractivity contribution >= 4 is 23.2 Å². The number of hydrogen-bond donors (Lipinski definition) is 1. The number of alkyl halides is 3. The molecule has 5 nitrogen and oxygen atoms in total. The molecule has 2 bridgehead atoms. The fraction of sp³-hybridized carbons (Fsp3) is 0.304. The van der Waals surface area contributed by atoms with Gasteiger partial charge in [0.05, 0.1) is 18.2 Å². The summed E-state index contributed by atoms with van der Waals surface area (Å²) in [6.07, 6.45) is -1.67. The van der Waals surface area contributed by atoms with E-state index >= 15 is 0 Å². The molecule has 2 aliphatic heterocycles. The van der Waals surface area contributed by atoms with Crippen LogP contribution in [0.3, 0.4) is 0 Å². The Hall–Kier alpha value is -3.36. The van der Waals surface area contributed by atoms with Crippen LogP contribution in [0.25, 0.3) is 5.57 Å². The summed E-state index contributed by atoms with van der Waals surface area (Å²) in [5, 5.41) is 2.67. The highest BCUT2D eigenvalue weighted by molar-refractivity contribution is 5.95. The molecule has 0 saturated carbocycles. The zero-order valence-corrected chi connectivity index (χ0v) is 16.8. The first-order valence-corrected chi connectivity index (χ1v) is 10.2. The Kier molecular flexibility index (Phi) is 4.72. The van der Waals surface area contributed by atoms with Crippen molar-refractivity contribution in [1.29, 1.82) is 0 Å². The number of halogens is 4. The van der Waals surface area contributed by atoms with Crippen molar-refractivity contribution in [2.75, 3.05) is 18.4 Å². The Labute approximate surface area is 181 Å². The van der Waals surface area contributed by atoms with Gasteiger partial charge >= 0.3 is 12.2 Å². The fourth-order valence-electron chi connectivity index (χ4n) is 4.73. The van der Waals surface area contributed by atoms with Crippen molar-refractivity contribution in [3.8, 4) is 0 Å². The fourth-order valence-corrected chi connectivity index (χ4v) is 4.73. The minimum Gasteiger partial charge on any atom is -0.333 e. The minimum atomic E-state index is -4.40. The normalized spacial score (nSPS) is 22.0. The van der Waals surface area contributed by atoms with Crippen LogP contribution in [0.2, 0.25) is 0 Å². The first-order chi connectivity index (χ1) is 15.2. The van der Waals surface area contributed by atoms with Crippen molar-refractivity contribution in [3.63, 3.8) is 0 Å². The summed E-state index contributed by atoms with van der Waals surface area (Å²) >= 11 is 0. The van der Waals surface area contributed by atoms with Crippen molar-refractivity contribution in [2.45, 2.75) is 25.2 Å². The largest absolute Gasteiger partial charge is 0.416 e.